The normalized spacial score (nSPS) is 21.7. The summed E-state index contributed by atoms with van der Waals surface area (Å²) in [4.78, 5) is 21.2. The van der Waals surface area contributed by atoms with Crippen LogP contribution in [0.4, 0.5) is 0 Å². The molecular formula is C18H27N3O2. The second kappa shape index (κ2) is 7.41. The van der Waals surface area contributed by atoms with Crippen LogP contribution in [0.25, 0.3) is 0 Å². The number of likely N-dealkylation sites (N-methyl/N-ethyl adjacent to an activating group) is 1. The lowest BCUT2D eigenvalue weighted by Gasteiger charge is -2.35. The molecule has 3 rings (SSSR count). The van der Waals surface area contributed by atoms with Gasteiger partial charge < -0.3 is 14.5 Å². The summed E-state index contributed by atoms with van der Waals surface area (Å²) in [6, 6.07) is 1.84. The van der Waals surface area contributed by atoms with Crippen molar-refractivity contribution in [2.24, 2.45) is 5.92 Å². The smallest absolute Gasteiger partial charge is 0.254 e. The fraction of sp³-hybridized carbons (Fsp3) is 0.667. The van der Waals surface area contributed by atoms with Crippen LogP contribution in [-0.2, 0) is 11.2 Å². The average molecular weight is 317 g/mol. The van der Waals surface area contributed by atoms with Gasteiger partial charge in [-0.1, -0.05) is 6.92 Å². The predicted octanol–water partition coefficient (Wildman–Crippen LogP) is 1.83. The van der Waals surface area contributed by atoms with Gasteiger partial charge >= 0.3 is 0 Å². The number of carbonyl (C=O) groups is 1. The number of ether oxygens (including phenoxy) is 1. The van der Waals surface area contributed by atoms with Gasteiger partial charge in [0, 0.05) is 44.1 Å². The van der Waals surface area contributed by atoms with Gasteiger partial charge in [-0.3, -0.25) is 9.78 Å². The van der Waals surface area contributed by atoms with Gasteiger partial charge in [-0.15, -0.1) is 0 Å². The van der Waals surface area contributed by atoms with Gasteiger partial charge in [0.2, 0.25) is 0 Å². The van der Waals surface area contributed by atoms with Gasteiger partial charge in [-0.25, -0.2) is 0 Å². The Balaban J connectivity index is 1.59. The topological polar surface area (TPSA) is 45.7 Å². The molecule has 1 amide bonds. The summed E-state index contributed by atoms with van der Waals surface area (Å²) < 4.78 is 5.88. The number of amides is 1. The van der Waals surface area contributed by atoms with E-state index in [-0.39, 0.29) is 12.0 Å². The zero-order valence-corrected chi connectivity index (χ0v) is 14.2. The lowest BCUT2D eigenvalue weighted by atomic mass is 10.1. The molecule has 2 fully saturated rings. The van der Waals surface area contributed by atoms with E-state index < -0.39 is 0 Å². The third-order valence-electron chi connectivity index (χ3n) is 4.72. The number of carbonyl (C=O) groups excluding carboxylic acids is 1. The molecule has 0 unspecified atom stereocenters. The molecule has 1 aliphatic carbocycles. The lowest BCUT2D eigenvalue weighted by molar-refractivity contribution is -0.0334. The molecule has 1 atom stereocenters. The maximum absolute atomic E-state index is 12.8. The standard InChI is InChI=1S/C18H27N3O2/c1-3-15-10-19-7-6-17(15)18(22)21-8-9-23-16(13-21)12-20(2)11-14-4-5-14/h6-7,10,14,16H,3-5,8-9,11-13H2,1-2H3/t16-/m0/s1. The van der Waals surface area contributed by atoms with E-state index >= 15 is 0 Å². The van der Waals surface area contributed by atoms with Gasteiger partial charge in [-0.05, 0) is 43.9 Å². The molecule has 2 aliphatic rings. The van der Waals surface area contributed by atoms with Crippen molar-refractivity contribution in [2.75, 3.05) is 39.8 Å². The first kappa shape index (κ1) is 16.4. The SMILES string of the molecule is CCc1cnccc1C(=O)N1CCO[C@@H](CN(C)CC2CC2)C1. The van der Waals surface area contributed by atoms with Crippen molar-refractivity contribution < 1.29 is 9.53 Å². The minimum absolute atomic E-state index is 0.113. The minimum atomic E-state index is 0.113. The molecule has 2 heterocycles. The number of aromatic nitrogens is 1. The summed E-state index contributed by atoms with van der Waals surface area (Å²) >= 11 is 0. The van der Waals surface area contributed by atoms with Crippen LogP contribution in [0.1, 0.15) is 35.7 Å². The van der Waals surface area contributed by atoms with Crippen LogP contribution in [0.3, 0.4) is 0 Å². The summed E-state index contributed by atoms with van der Waals surface area (Å²) in [5, 5.41) is 0. The third-order valence-corrected chi connectivity index (χ3v) is 4.72. The number of pyridine rings is 1. The van der Waals surface area contributed by atoms with Crippen molar-refractivity contribution in [3.8, 4) is 0 Å². The molecule has 5 heteroatoms. The number of hydrogen-bond donors (Lipinski definition) is 0. The van der Waals surface area contributed by atoms with E-state index in [1.165, 1.54) is 12.8 Å². The van der Waals surface area contributed by atoms with Crippen LogP contribution in [0, 0.1) is 5.92 Å². The predicted molar refractivity (Wildman–Crippen MR) is 89.5 cm³/mol. The highest BCUT2D eigenvalue weighted by molar-refractivity contribution is 5.95. The summed E-state index contributed by atoms with van der Waals surface area (Å²) in [5.74, 6) is 0.993. The maximum Gasteiger partial charge on any atom is 0.254 e. The highest BCUT2D eigenvalue weighted by Crippen LogP contribution is 2.29. The van der Waals surface area contributed by atoms with Crippen LogP contribution < -0.4 is 0 Å². The summed E-state index contributed by atoms with van der Waals surface area (Å²) in [6.07, 6.45) is 7.17. The van der Waals surface area contributed by atoms with Crippen molar-refractivity contribution in [2.45, 2.75) is 32.3 Å². The van der Waals surface area contributed by atoms with Crippen LogP contribution in [0.2, 0.25) is 0 Å². The molecule has 1 saturated heterocycles. The van der Waals surface area contributed by atoms with Crippen LogP contribution in [0.15, 0.2) is 18.5 Å². The molecule has 1 aliphatic heterocycles. The molecule has 23 heavy (non-hydrogen) atoms. The lowest BCUT2D eigenvalue weighted by Crippen LogP contribution is -2.49. The fourth-order valence-corrected chi connectivity index (χ4v) is 3.27. The Morgan fingerprint density at radius 3 is 3.00 bits per heavy atom. The molecule has 5 nitrogen and oxygen atoms in total. The second-order valence-corrected chi connectivity index (χ2v) is 6.79. The maximum atomic E-state index is 12.8. The zero-order chi connectivity index (χ0) is 16.2. The first-order valence-corrected chi connectivity index (χ1v) is 8.69. The van der Waals surface area contributed by atoms with Crippen molar-refractivity contribution in [3.05, 3.63) is 29.6 Å². The van der Waals surface area contributed by atoms with E-state index in [2.05, 4.69) is 23.9 Å². The summed E-state index contributed by atoms with van der Waals surface area (Å²) in [6.45, 7) is 6.09. The van der Waals surface area contributed by atoms with Gasteiger partial charge in [0.15, 0.2) is 0 Å². The number of aryl methyl sites for hydroxylation is 1. The highest BCUT2D eigenvalue weighted by Gasteiger charge is 2.28. The first-order valence-electron chi connectivity index (χ1n) is 8.69. The monoisotopic (exact) mass is 317 g/mol. The van der Waals surface area contributed by atoms with E-state index in [9.17, 15) is 4.79 Å². The zero-order valence-electron chi connectivity index (χ0n) is 14.2. The molecular weight excluding hydrogens is 290 g/mol. The Kier molecular flexibility index (Phi) is 5.28. The van der Waals surface area contributed by atoms with Crippen molar-refractivity contribution in [1.29, 1.82) is 0 Å². The Hall–Kier alpha value is -1.46. The number of nitrogens with zero attached hydrogens (tertiary/aromatic N) is 3. The van der Waals surface area contributed by atoms with Crippen LogP contribution in [-0.4, -0.2) is 66.6 Å². The molecule has 0 spiro atoms. The van der Waals surface area contributed by atoms with E-state index in [4.69, 9.17) is 4.74 Å². The first-order chi connectivity index (χ1) is 11.2. The van der Waals surface area contributed by atoms with E-state index in [1.54, 1.807) is 12.4 Å². The molecule has 0 bridgehead atoms. The van der Waals surface area contributed by atoms with Crippen molar-refractivity contribution in [3.63, 3.8) is 0 Å². The largest absolute Gasteiger partial charge is 0.373 e. The van der Waals surface area contributed by atoms with Crippen molar-refractivity contribution in [1.82, 2.24) is 14.8 Å². The second-order valence-electron chi connectivity index (χ2n) is 6.79. The summed E-state index contributed by atoms with van der Waals surface area (Å²) in [7, 11) is 2.15. The molecule has 0 N–H and O–H groups in total. The highest BCUT2D eigenvalue weighted by atomic mass is 16.5. The Bertz CT molecular complexity index is 545. The third kappa shape index (κ3) is 4.30. The number of rotatable bonds is 6. The minimum Gasteiger partial charge on any atom is -0.373 e. The average Bonchev–Trinajstić information content (AvgIpc) is 3.38. The Labute approximate surface area is 138 Å². The van der Waals surface area contributed by atoms with Gasteiger partial charge in [0.05, 0.1) is 12.7 Å². The molecule has 1 aromatic rings. The van der Waals surface area contributed by atoms with Crippen molar-refractivity contribution >= 4 is 5.91 Å². The van der Waals surface area contributed by atoms with Crippen LogP contribution >= 0.6 is 0 Å². The molecule has 0 radical (unpaired) electrons. The van der Waals surface area contributed by atoms with Gasteiger partial charge in [0.1, 0.15) is 0 Å². The van der Waals surface area contributed by atoms with E-state index in [0.29, 0.717) is 19.7 Å². The molecule has 126 valence electrons. The van der Waals surface area contributed by atoms with E-state index in [0.717, 1.165) is 36.6 Å². The van der Waals surface area contributed by atoms with Crippen LogP contribution in [0.5, 0.6) is 0 Å². The quantitative estimate of drug-likeness (QED) is 0.803. The molecule has 1 aromatic heterocycles. The summed E-state index contributed by atoms with van der Waals surface area (Å²) in [5.41, 5.74) is 1.81. The molecule has 0 aromatic carbocycles. The Morgan fingerprint density at radius 2 is 2.26 bits per heavy atom. The van der Waals surface area contributed by atoms with Gasteiger partial charge in [0.25, 0.3) is 5.91 Å². The molecule has 1 saturated carbocycles. The Morgan fingerprint density at radius 1 is 1.43 bits per heavy atom. The number of hydrogen-bond acceptors (Lipinski definition) is 4. The number of morpholine rings is 1. The fourth-order valence-electron chi connectivity index (χ4n) is 3.27. The van der Waals surface area contributed by atoms with Gasteiger partial charge in [-0.2, -0.15) is 0 Å². The van der Waals surface area contributed by atoms with E-state index in [1.807, 2.05) is 11.0 Å².